The summed E-state index contributed by atoms with van der Waals surface area (Å²) in [5, 5.41) is 5.85. The van der Waals surface area contributed by atoms with Crippen molar-refractivity contribution in [1.29, 1.82) is 0 Å². The summed E-state index contributed by atoms with van der Waals surface area (Å²) < 4.78 is 20.9. The molecular weight excluding hydrogens is 439 g/mol. The molecule has 9 heteroatoms. The molecular formula is C25H21FN4O4. The van der Waals surface area contributed by atoms with Gasteiger partial charge in [-0.1, -0.05) is 18.2 Å². The number of benzene rings is 2. The lowest BCUT2D eigenvalue weighted by Crippen LogP contribution is -2.30. The van der Waals surface area contributed by atoms with Gasteiger partial charge in [0.15, 0.2) is 0 Å². The quantitative estimate of drug-likeness (QED) is 0.456. The van der Waals surface area contributed by atoms with Crippen molar-refractivity contribution in [3.63, 3.8) is 0 Å². The van der Waals surface area contributed by atoms with E-state index in [-0.39, 0.29) is 23.7 Å². The van der Waals surface area contributed by atoms with Gasteiger partial charge in [-0.25, -0.2) is 9.37 Å². The Morgan fingerprint density at radius 1 is 1.06 bits per heavy atom. The maximum atomic E-state index is 14.3. The number of methoxy groups -OCH3 is 1. The van der Waals surface area contributed by atoms with Gasteiger partial charge in [-0.3, -0.25) is 19.0 Å². The van der Waals surface area contributed by atoms with Gasteiger partial charge >= 0.3 is 0 Å². The molecule has 2 N–H and O–H groups in total. The molecule has 8 nitrogen and oxygen atoms in total. The van der Waals surface area contributed by atoms with Gasteiger partial charge in [-0.2, -0.15) is 0 Å². The zero-order chi connectivity index (χ0) is 24.2. The third-order valence-electron chi connectivity index (χ3n) is 5.15. The standard InChI is InChI=1S/C25H21FN4O4/c1-15(31)28-18-9-10-22(34-2)21(13-18)29-24(32)19-12-16-7-5-11-27-23(16)30(25(19)33)14-17-6-3-4-8-20(17)26/h3-13H,14H2,1-2H3,(H,28,31)(H,29,32). The molecule has 2 aromatic heterocycles. The molecule has 2 heterocycles. The molecule has 0 saturated heterocycles. The molecule has 172 valence electrons. The highest BCUT2D eigenvalue weighted by Gasteiger charge is 2.19. The topological polar surface area (TPSA) is 102 Å². The summed E-state index contributed by atoms with van der Waals surface area (Å²) in [5.74, 6) is -1.08. The Morgan fingerprint density at radius 3 is 2.59 bits per heavy atom. The molecule has 0 radical (unpaired) electrons. The van der Waals surface area contributed by atoms with Crippen LogP contribution >= 0.6 is 0 Å². The van der Waals surface area contributed by atoms with E-state index < -0.39 is 17.3 Å². The first kappa shape index (κ1) is 22.7. The number of amides is 2. The molecule has 0 saturated carbocycles. The van der Waals surface area contributed by atoms with E-state index in [1.807, 2.05) is 0 Å². The fourth-order valence-electron chi connectivity index (χ4n) is 3.59. The SMILES string of the molecule is COc1ccc(NC(C)=O)cc1NC(=O)c1cc2cccnc2n(Cc2ccccc2F)c1=O. The van der Waals surface area contributed by atoms with Crippen LogP contribution in [0.2, 0.25) is 0 Å². The molecule has 0 atom stereocenters. The van der Waals surface area contributed by atoms with Crippen molar-refractivity contribution in [3.05, 3.63) is 94.2 Å². The summed E-state index contributed by atoms with van der Waals surface area (Å²) in [5.41, 5.74) is 0.567. The third-order valence-corrected chi connectivity index (χ3v) is 5.15. The molecule has 0 fully saturated rings. The van der Waals surface area contributed by atoms with E-state index in [9.17, 15) is 18.8 Å². The molecule has 4 aromatic rings. The van der Waals surface area contributed by atoms with Crippen molar-refractivity contribution in [1.82, 2.24) is 9.55 Å². The minimum atomic E-state index is -0.684. The lowest BCUT2D eigenvalue weighted by Gasteiger charge is -2.14. The fraction of sp³-hybridized carbons (Fsp3) is 0.120. The third kappa shape index (κ3) is 4.63. The molecule has 2 amide bonds. The van der Waals surface area contributed by atoms with Gasteiger partial charge < -0.3 is 15.4 Å². The lowest BCUT2D eigenvalue weighted by molar-refractivity contribution is -0.114. The van der Waals surface area contributed by atoms with Crippen molar-refractivity contribution in [2.45, 2.75) is 13.5 Å². The van der Waals surface area contributed by atoms with E-state index >= 15 is 0 Å². The highest BCUT2D eigenvalue weighted by atomic mass is 19.1. The molecule has 2 aromatic carbocycles. The van der Waals surface area contributed by atoms with Gasteiger partial charge in [0.05, 0.1) is 19.3 Å². The van der Waals surface area contributed by atoms with E-state index in [2.05, 4.69) is 15.6 Å². The number of ether oxygens (including phenoxy) is 1. The Bertz CT molecular complexity index is 1470. The van der Waals surface area contributed by atoms with E-state index in [0.717, 1.165) is 0 Å². The summed E-state index contributed by atoms with van der Waals surface area (Å²) >= 11 is 0. The number of hydrogen-bond donors (Lipinski definition) is 2. The maximum Gasteiger partial charge on any atom is 0.265 e. The Balaban J connectivity index is 1.77. The number of nitrogens with one attached hydrogen (secondary N) is 2. The second-order valence-electron chi connectivity index (χ2n) is 7.51. The lowest BCUT2D eigenvalue weighted by atomic mass is 10.1. The minimum absolute atomic E-state index is 0.0958. The van der Waals surface area contributed by atoms with Gasteiger partial charge in [0.25, 0.3) is 11.5 Å². The number of rotatable bonds is 6. The maximum absolute atomic E-state index is 14.3. The number of hydrogen-bond acceptors (Lipinski definition) is 5. The number of carbonyl (C=O) groups is 2. The highest BCUT2D eigenvalue weighted by Crippen LogP contribution is 2.28. The van der Waals surface area contributed by atoms with Crippen LogP contribution in [0.4, 0.5) is 15.8 Å². The molecule has 4 rings (SSSR count). The zero-order valence-corrected chi connectivity index (χ0v) is 18.5. The summed E-state index contributed by atoms with van der Waals surface area (Å²) in [6.07, 6.45) is 1.53. The van der Waals surface area contributed by atoms with Crippen LogP contribution in [0.5, 0.6) is 5.75 Å². The largest absolute Gasteiger partial charge is 0.495 e. The van der Waals surface area contributed by atoms with Gasteiger partial charge in [-0.05, 0) is 42.5 Å². The van der Waals surface area contributed by atoms with Crippen molar-refractivity contribution in [2.75, 3.05) is 17.7 Å². The Kier molecular flexibility index (Phi) is 6.35. The van der Waals surface area contributed by atoms with Crippen LogP contribution in [0.15, 0.2) is 71.7 Å². The number of fused-ring (bicyclic) bond motifs is 1. The van der Waals surface area contributed by atoms with Crippen molar-refractivity contribution in [2.24, 2.45) is 0 Å². The molecule has 34 heavy (non-hydrogen) atoms. The predicted octanol–water partition coefficient (Wildman–Crippen LogP) is 3.80. The predicted molar refractivity (Wildman–Crippen MR) is 127 cm³/mol. The number of pyridine rings is 2. The monoisotopic (exact) mass is 460 g/mol. The van der Waals surface area contributed by atoms with Crippen molar-refractivity contribution >= 4 is 34.2 Å². The summed E-state index contributed by atoms with van der Waals surface area (Å²) in [6.45, 7) is 1.27. The molecule has 0 spiro atoms. The first-order valence-electron chi connectivity index (χ1n) is 10.4. The Labute approximate surface area is 194 Å². The van der Waals surface area contributed by atoms with Gasteiger partial charge in [0, 0.05) is 29.8 Å². The zero-order valence-electron chi connectivity index (χ0n) is 18.5. The van der Waals surface area contributed by atoms with Crippen LogP contribution in [0.3, 0.4) is 0 Å². The second kappa shape index (κ2) is 9.53. The Morgan fingerprint density at radius 2 is 1.85 bits per heavy atom. The number of carbonyl (C=O) groups excluding carboxylic acids is 2. The van der Waals surface area contributed by atoms with Crippen LogP contribution in [-0.2, 0) is 11.3 Å². The number of halogens is 1. The van der Waals surface area contributed by atoms with E-state index in [4.69, 9.17) is 4.74 Å². The van der Waals surface area contributed by atoms with Crippen LogP contribution in [0.1, 0.15) is 22.8 Å². The van der Waals surface area contributed by atoms with E-state index in [0.29, 0.717) is 28.0 Å². The first-order chi connectivity index (χ1) is 16.4. The second-order valence-corrected chi connectivity index (χ2v) is 7.51. The smallest absolute Gasteiger partial charge is 0.265 e. The van der Waals surface area contributed by atoms with E-state index in [1.165, 1.54) is 43.0 Å². The number of aromatic nitrogens is 2. The van der Waals surface area contributed by atoms with E-state index in [1.54, 1.807) is 42.5 Å². The molecule has 0 aliphatic heterocycles. The van der Waals surface area contributed by atoms with Crippen LogP contribution in [0, 0.1) is 5.82 Å². The highest BCUT2D eigenvalue weighted by molar-refractivity contribution is 6.06. The molecule has 0 aliphatic carbocycles. The molecule has 0 bridgehead atoms. The molecule has 0 unspecified atom stereocenters. The Hall–Kier alpha value is -4.53. The summed E-state index contributed by atoms with van der Waals surface area (Å²) in [7, 11) is 1.44. The molecule has 0 aliphatic rings. The average molecular weight is 460 g/mol. The van der Waals surface area contributed by atoms with Gasteiger partial charge in [0.2, 0.25) is 5.91 Å². The van der Waals surface area contributed by atoms with Gasteiger partial charge in [-0.15, -0.1) is 0 Å². The van der Waals surface area contributed by atoms with Crippen LogP contribution in [-0.4, -0.2) is 28.5 Å². The van der Waals surface area contributed by atoms with Crippen LogP contribution in [0.25, 0.3) is 11.0 Å². The first-order valence-corrected chi connectivity index (χ1v) is 10.4. The van der Waals surface area contributed by atoms with Crippen molar-refractivity contribution in [3.8, 4) is 5.75 Å². The minimum Gasteiger partial charge on any atom is -0.495 e. The van der Waals surface area contributed by atoms with Crippen molar-refractivity contribution < 1.29 is 18.7 Å². The number of nitrogens with zero attached hydrogens (tertiary/aromatic N) is 2. The summed E-state index contributed by atoms with van der Waals surface area (Å²) in [4.78, 5) is 42.2. The average Bonchev–Trinajstić information content (AvgIpc) is 2.81. The number of anilines is 2. The van der Waals surface area contributed by atoms with Gasteiger partial charge in [0.1, 0.15) is 22.8 Å². The summed E-state index contributed by atoms with van der Waals surface area (Å²) in [6, 6.07) is 15.7. The van der Waals surface area contributed by atoms with Crippen LogP contribution < -0.4 is 20.9 Å². The normalized spacial score (nSPS) is 10.7. The fourth-order valence-corrected chi connectivity index (χ4v) is 3.59.